The zero-order valence-electron chi connectivity index (χ0n) is 14.3. The normalized spacial score (nSPS) is 12.8. The predicted octanol–water partition coefficient (Wildman–Crippen LogP) is 4.51. The number of aryl methyl sites for hydroxylation is 1. The molecule has 144 valence electrons. The Morgan fingerprint density at radius 2 is 1.89 bits per heavy atom. The molecule has 5 nitrogen and oxygen atoms in total. The van der Waals surface area contributed by atoms with Crippen LogP contribution < -0.4 is 0 Å². The maximum atomic E-state index is 12.8. The lowest BCUT2D eigenvalue weighted by Gasteiger charge is -2.01. The number of hydrogen-bond donors (Lipinski definition) is 0. The number of aromatic nitrogens is 2. The van der Waals surface area contributed by atoms with Crippen molar-refractivity contribution in [3.63, 3.8) is 0 Å². The highest BCUT2D eigenvalue weighted by molar-refractivity contribution is 7.95. The van der Waals surface area contributed by atoms with Gasteiger partial charge in [-0.3, -0.25) is 4.68 Å². The molecule has 0 aliphatic heterocycles. The van der Waals surface area contributed by atoms with Crippen molar-refractivity contribution in [2.45, 2.75) is 11.1 Å². The van der Waals surface area contributed by atoms with Gasteiger partial charge in [-0.05, 0) is 36.4 Å². The number of sulfone groups is 1. The second-order valence-corrected chi connectivity index (χ2v) is 8.71. The van der Waals surface area contributed by atoms with Crippen LogP contribution in [0.15, 0.2) is 58.3 Å². The van der Waals surface area contributed by atoms with Crippen LogP contribution in [-0.4, -0.2) is 18.2 Å². The first-order chi connectivity index (χ1) is 13.1. The Bertz CT molecular complexity index is 1180. The van der Waals surface area contributed by atoms with Gasteiger partial charge in [0.2, 0.25) is 9.84 Å². The van der Waals surface area contributed by atoms with Gasteiger partial charge in [0.1, 0.15) is 6.07 Å². The summed E-state index contributed by atoms with van der Waals surface area (Å²) in [6.07, 6.45) is -3.36. The van der Waals surface area contributed by atoms with E-state index in [2.05, 4.69) is 5.10 Å². The molecule has 0 amide bonds. The van der Waals surface area contributed by atoms with Gasteiger partial charge < -0.3 is 0 Å². The van der Waals surface area contributed by atoms with Gasteiger partial charge in [-0.2, -0.15) is 23.5 Å². The van der Waals surface area contributed by atoms with Crippen LogP contribution in [0.3, 0.4) is 0 Å². The molecule has 0 bridgehead atoms. The first-order valence-electron chi connectivity index (χ1n) is 7.76. The molecule has 0 aliphatic carbocycles. The lowest BCUT2D eigenvalue weighted by molar-refractivity contribution is -0.141. The van der Waals surface area contributed by atoms with E-state index in [1.54, 1.807) is 30.3 Å². The number of hydrogen-bond acceptors (Lipinski definition) is 5. The third-order valence-electron chi connectivity index (χ3n) is 3.78. The minimum absolute atomic E-state index is 0.0129. The first kappa shape index (κ1) is 19.9. The standard InChI is InChI=1S/C18H12F3N3O2S2/c1-24-15(10-17(23-24)18(19,20)21)16-8-7-12(27-16)9-14(11-22)28(25,26)13-5-3-2-4-6-13/h2-10H,1H3/b14-9+. The van der Waals surface area contributed by atoms with Gasteiger partial charge in [-0.15, -0.1) is 11.3 Å². The highest BCUT2D eigenvalue weighted by Crippen LogP contribution is 2.35. The molecule has 0 unspecified atom stereocenters. The number of halogens is 3. The Balaban J connectivity index is 1.98. The first-order valence-corrected chi connectivity index (χ1v) is 10.1. The quantitative estimate of drug-likeness (QED) is 0.579. The van der Waals surface area contributed by atoms with Crippen LogP contribution in [0.25, 0.3) is 16.6 Å². The smallest absolute Gasteiger partial charge is 0.267 e. The summed E-state index contributed by atoms with van der Waals surface area (Å²) in [4.78, 5) is 0.418. The van der Waals surface area contributed by atoms with E-state index in [9.17, 15) is 26.9 Å². The Hall–Kier alpha value is -2.90. The summed E-state index contributed by atoms with van der Waals surface area (Å²) in [5, 5.41) is 12.8. The number of nitrogens with zero attached hydrogens (tertiary/aromatic N) is 3. The average molecular weight is 423 g/mol. The lowest BCUT2D eigenvalue weighted by Crippen LogP contribution is -2.06. The average Bonchev–Trinajstić information content (AvgIpc) is 3.26. The molecule has 0 fully saturated rings. The SMILES string of the molecule is Cn1nc(C(F)(F)F)cc1-c1ccc(/C=C(\C#N)S(=O)(=O)c2ccccc2)s1. The summed E-state index contributed by atoms with van der Waals surface area (Å²) >= 11 is 1.06. The van der Waals surface area contributed by atoms with Gasteiger partial charge in [-0.1, -0.05) is 18.2 Å². The zero-order valence-corrected chi connectivity index (χ0v) is 15.9. The fraction of sp³-hybridized carbons (Fsp3) is 0.111. The van der Waals surface area contributed by atoms with Crippen molar-refractivity contribution in [2.24, 2.45) is 7.05 Å². The van der Waals surface area contributed by atoms with Crippen LogP contribution in [0.5, 0.6) is 0 Å². The molecule has 10 heteroatoms. The molecule has 3 rings (SSSR count). The topological polar surface area (TPSA) is 75.8 Å². The number of allylic oxidation sites excluding steroid dienone is 1. The van der Waals surface area contributed by atoms with Gasteiger partial charge in [0, 0.05) is 11.9 Å². The molecule has 1 aromatic carbocycles. The molecule has 0 saturated heterocycles. The van der Waals surface area contributed by atoms with Gasteiger partial charge in [0.25, 0.3) is 0 Å². The van der Waals surface area contributed by atoms with Crippen molar-refractivity contribution < 1.29 is 21.6 Å². The Kier molecular flexibility index (Phi) is 5.14. The molecule has 2 heterocycles. The summed E-state index contributed by atoms with van der Waals surface area (Å²) in [7, 11) is -2.60. The van der Waals surface area contributed by atoms with Gasteiger partial charge in [-0.25, -0.2) is 8.42 Å². The van der Waals surface area contributed by atoms with Gasteiger partial charge >= 0.3 is 6.18 Å². The number of benzene rings is 1. The van der Waals surface area contributed by atoms with Crippen molar-refractivity contribution in [1.82, 2.24) is 9.78 Å². The molecule has 0 aliphatic rings. The van der Waals surface area contributed by atoms with E-state index < -0.39 is 26.6 Å². The van der Waals surface area contributed by atoms with E-state index in [-0.39, 0.29) is 10.6 Å². The lowest BCUT2D eigenvalue weighted by atomic mass is 10.3. The van der Waals surface area contributed by atoms with E-state index in [4.69, 9.17) is 0 Å². The number of nitriles is 1. The molecule has 2 aromatic heterocycles. The largest absolute Gasteiger partial charge is 0.435 e. The van der Waals surface area contributed by atoms with Crippen LogP contribution >= 0.6 is 11.3 Å². The fourth-order valence-corrected chi connectivity index (χ4v) is 4.67. The number of rotatable bonds is 4. The second-order valence-electron chi connectivity index (χ2n) is 5.68. The summed E-state index contributed by atoms with van der Waals surface area (Å²) in [5.74, 6) is 0. The zero-order chi connectivity index (χ0) is 20.5. The maximum absolute atomic E-state index is 12.8. The van der Waals surface area contributed by atoms with E-state index in [0.29, 0.717) is 9.75 Å². The molecule has 0 N–H and O–H groups in total. The summed E-state index contributed by atoms with van der Waals surface area (Å²) in [5.41, 5.74) is -0.777. The van der Waals surface area contributed by atoms with Crippen molar-refractivity contribution in [2.75, 3.05) is 0 Å². The van der Waals surface area contributed by atoms with E-state index >= 15 is 0 Å². The Labute approximate surface area is 162 Å². The molecule has 0 spiro atoms. The molecule has 28 heavy (non-hydrogen) atoms. The van der Waals surface area contributed by atoms with Crippen molar-refractivity contribution >= 4 is 27.3 Å². The molecule has 0 atom stereocenters. The molecule has 3 aromatic rings. The highest BCUT2D eigenvalue weighted by Gasteiger charge is 2.34. The van der Waals surface area contributed by atoms with Gasteiger partial charge in [0.05, 0.1) is 15.5 Å². The van der Waals surface area contributed by atoms with Crippen LogP contribution in [0.4, 0.5) is 13.2 Å². The summed E-state index contributed by atoms with van der Waals surface area (Å²) in [6.45, 7) is 0. The molecular formula is C18H12F3N3O2S2. The van der Waals surface area contributed by atoms with Crippen LogP contribution in [0, 0.1) is 11.3 Å². The fourth-order valence-electron chi connectivity index (χ4n) is 2.43. The third kappa shape index (κ3) is 3.85. The molecular weight excluding hydrogens is 411 g/mol. The van der Waals surface area contributed by atoms with Crippen LogP contribution in [0.1, 0.15) is 10.6 Å². The number of thiophene rings is 1. The van der Waals surface area contributed by atoms with Gasteiger partial charge in [0.15, 0.2) is 10.6 Å². The van der Waals surface area contributed by atoms with E-state index in [0.717, 1.165) is 22.1 Å². The third-order valence-corrected chi connectivity index (χ3v) is 6.51. The maximum Gasteiger partial charge on any atom is 0.435 e. The summed E-state index contributed by atoms with van der Waals surface area (Å²) < 4.78 is 64.8. The van der Waals surface area contributed by atoms with Crippen molar-refractivity contribution in [3.05, 3.63) is 64.0 Å². The van der Waals surface area contributed by atoms with Crippen molar-refractivity contribution in [1.29, 1.82) is 5.26 Å². The van der Waals surface area contributed by atoms with Crippen LogP contribution in [-0.2, 0) is 23.1 Å². The van der Waals surface area contributed by atoms with E-state index in [1.807, 2.05) is 0 Å². The second kappa shape index (κ2) is 7.26. The predicted molar refractivity (Wildman–Crippen MR) is 98.7 cm³/mol. The summed E-state index contributed by atoms with van der Waals surface area (Å²) in [6, 6.07) is 13.2. The van der Waals surface area contributed by atoms with Crippen molar-refractivity contribution in [3.8, 4) is 16.6 Å². The number of alkyl halides is 3. The molecule has 0 saturated carbocycles. The van der Waals surface area contributed by atoms with Crippen LogP contribution in [0.2, 0.25) is 0 Å². The van der Waals surface area contributed by atoms with E-state index in [1.165, 1.54) is 31.3 Å². The minimum Gasteiger partial charge on any atom is -0.267 e. The monoisotopic (exact) mass is 423 g/mol. The minimum atomic E-state index is -4.56. The Morgan fingerprint density at radius 1 is 1.21 bits per heavy atom. The molecule has 0 radical (unpaired) electrons. The Morgan fingerprint density at radius 3 is 2.46 bits per heavy atom. The highest BCUT2D eigenvalue weighted by atomic mass is 32.2.